The fourth-order valence-corrected chi connectivity index (χ4v) is 2.14. The van der Waals surface area contributed by atoms with Gasteiger partial charge in [0.15, 0.2) is 0 Å². The summed E-state index contributed by atoms with van der Waals surface area (Å²) in [5.41, 5.74) is 5.50. The molecule has 1 fully saturated rings. The molecule has 1 aromatic rings. The SMILES string of the molecule is CCOc1ccc(N2C(=O)C[C@H](NCC(N)=O)C2=O)cc1. The lowest BCUT2D eigenvalue weighted by Gasteiger charge is -2.15. The van der Waals surface area contributed by atoms with E-state index in [9.17, 15) is 14.4 Å². The molecule has 0 spiro atoms. The number of imide groups is 1. The Bertz CT molecular complexity index is 556. The first kappa shape index (κ1) is 15.0. The Morgan fingerprint density at radius 2 is 2.05 bits per heavy atom. The lowest BCUT2D eigenvalue weighted by Crippen LogP contribution is -2.42. The number of amides is 3. The molecule has 0 saturated carbocycles. The smallest absolute Gasteiger partial charge is 0.251 e. The van der Waals surface area contributed by atoms with Gasteiger partial charge >= 0.3 is 0 Å². The molecule has 0 aromatic heterocycles. The maximum atomic E-state index is 12.2. The Kier molecular flexibility index (Phi) is 4.54. The zero-order chi connectivity index (χ0) is 15.4. The van der Waals surface area contributed by atoms with Crippen LogP contribution in [-0.2, 0) is 14.4 Å². The molecule has 0 unspecified atom stereocenters. The van der Waals surface area contributed by atoms with E-state index in [1.807, 2.05) is 6.92 Å². The number of nitrogens with one attached hydrogen (secondary N) is 1. The summed E-state index contributed by atoms with van der Waals surface area (Å²) in [6.45, 7) is 2.28. The van der Waals surface area contributed by atoms with Crippen LogP contribution in [0.2, 0.25) is 0 Å². The van der Waals surface area contributed by atoms with Crippen molar-refractivity contribution in [2.75, 3.05) is 18.1 Å². The number of anilines is 1. The number of rotatable bonds is 6. The molecule has 3 amide bonds. The van der Waals surface area contributed by atoms with Crippen molar-refractivity contribution in [3.05, 3.63) is 24.3 Å². The Morgan fingerprint density at radius 1 is 1.38 bits per heavy atom. The van der Waals surface area contributed by atoms with E-state index in [0.29, 0.717) is 18.0 Å². The molecule has 1 atom stereocenters. The van der Waals surface area contributed by atoms with Crippen molar-refractivity contribution in [3.8, 4) is 5.75 Å². The van der Waals surface area contributed by atoms with Crippen LogP contribution in [0.1, 0.15) is 13.3 Å². The van der Waals surface area contributed by atoms with E-state index in [0.717, 1.165) is 4.90 Å². The van der Waals surface area contributed by atoms with Crippen LogP contribution in [0.4, 0.5) is 5.69 Å². The minimum absolute atomic E-state index is 0.0132. The van der Waals surface area contributed by atoms with Gasteiger partial charge < -0.3 is 10.5 Å². The third kappa shape index (κ3) is 3.38. The van der Waals surface area contributed by atoms with Crippen LogP contribution in [0.25, 0.3) is 0 Å². The van der Waals surface area contributed by atoms with Gasteiger partial charge in [-0.15, -0.1) is 0 Å². The fraction of sp³-hybridized carbons (Fsp3) is 0.357. The van der Waals surface area contributed by atoms with Gasteiger partial charge in [-0.05, 0) is 31.2 Å². The van der Waals surface area contributed by atoms with Gasteiger partial charge in [-0.3, -0.25) is 19.7 Å². The second kappa shape index (κ2) is 6.36. The van der Waals surface area contributed by atoms with Crippen molar-refractivity contribution in [2.45, 2.75) is 19.4 Å². The summed E-state index contributed by atoms with van der Waals surface area (Å²) in [4.78, 5) is 36.0. The predicted octanol–water partition coefficient (Wildman–Crippen LogP) is -0.208. The van der Waals surface area contributed by atoms with Gasteiger partial charge in [0.2, 0.25) is 11.8 Å². The predicted molar refractivity (Wildman–Crippen MR) is 75.7 cm³/mol. The minimum atomic E-state index is -0.712. The number of carbonyl (C=O) groups is 3. The number of primary amides is 1. The van der Waals surface area contributed by atoms with E-state index in [1.165, 1.54) is 0 Å². The third-order valence-electron chi connectivity index (χ3n) is 3.08. The van der Waals surface area contributed by atoms with Crippen LogP contribution in [0, 0.1) is 0 Å². The van der Waals surface area contributed by atoms with Crippen LogP contribution in [-0.4, -0.2) is 36.9 Å². The Balaban J connectivity index is 2.10. The average molecular weight is 291 g/mol. The summed E-state index contributed by atoms with van der Waals surface area (Å²) in [5, 5.41) is 2.68. The minimum Gasteiger partial charge on any atom is -0.494 e. The molecule has 7 nitrogen and oxygen atoms in total. The molecule has 0 aliphatic carbocycles. The van der Waals surface area contributed by atoms with E-state index >= 15 is 0 Å². The van der Waals surface area contributed by atoms with Crippen LogP contribution < -0.4 is 20.7 Å². The summed E-state index contributed by atoms with van der Waals surface area (Å²) < 4.78 is 5.31. The molecule has 0 bridgehead atoms. The first-order valence-electron chi connectivity index (χ1n) is 6.64. The highest BCUT2D eigenvalue weighted by atomic mass is 16.5. The molecule has 3 N–H and O–H groups in total. The summed E-state index contributed by atoms with van der Waals surface area (Å²) >= 11 is 0. The molecule has 1 aliphatic rings. The molecule has 112 valence electrons. The molecule has 1 saturated heterocycles. The molecule has 7 heteroatoms. The van der Waals surface area contributed by atoms with Crippen molar-refractivity contribution in [3.63, 3.8) is 0 Å². The lowest BCUT2D eigenvalue weighted by atomic mass is 10.2. The average Bonchev–Trinajstić information content (AvgIpc) is 2.73. The van der Waals surface area contributed by atoms with Gasteiger partial charge in [0.1, 0.15) is 5.75 Å². The maximum absolute atomic E-state index is 12.2. The van der Waals surface area contributed by atoms with Crippen molar-refractivity contribution >= 4 is 23.4 Å². The number of nitrogens with two attached hydrogens (primary N) is 1. The van der Waals surface area contributed by atoms with E-state index in [1.54, 1.807) is 24.3 Å². The Labute approximate surface area is 122 Å². The highest BCUT2D eigenvalue weighted by molar-refractivity contribution is 6.22. The highest BCUT2D eigenvalue weighted by Crippen LogP contribution is 2.25. The topological polar surface area (TPSA) is 102 Å². The quantitative estimate of drug-likeness (QED) is 0.706. The van der Waals surface area contributed by atoms with Crippen molar-refractivity contribution in [1.29, 1.82) is 0 Å². The fourth-order valence-electron chi connectivity index (χ4n) is 2.14. The van der Waals surface area contributed by atoms with Gasteiger partial charge in [0.25, 0.3) is 5.91 Å². The summed E-state index contributed by atoms with van der Waals surface area (Å²) in [6, 6.07) is 5.98. The molecule has 1 heterocycles. The monoisotopic (exact) mass is 291 g/mol. The largest absolute Gasteiger partial charge is 0.494 e. The summed E-state index contributed by atoms with van der Waals surface area (Å²) in [6.07, 6.45) is 0.0132. The third-order valence-corrected chi connectivity index (χ3v) is 3.08. The van der Waals surface area contributed by atoms with Crippen LogP contribution >= 0.6 is 0 Å². The first-order valence-corrected chi connectivity index (χ1v) is 6.64. The standard InChI is InChI=1S/C14H17N3O4/c1-2-21-10-5-3-9(4-6-10)17-13(19)7-11(14(17)20)16-8-12(15)18/h3-6,11,16H,2,7-8H2,1H3,(H2,15,18)/t11-/m0/s1. The maximum Gasteiger partial charge on any atom is 0.251 e. The van der Waals surface area contributed by atoms with E-state index in [-0.39, 0.29) is 24.8 Å². The summed E-state index contributed by atoms with van der Waals surface area (Å²) in [7, 11) is 0. The van der Waals surface area contributed by atoms with Crippen molar-refractivity contribution in [2.24, 2.45) is 5.73 Å². The molecule has 0 radical (unpaired) electrons. The van der Waals surface area contributed by atoms with Gasteiger partial charge in [-0.25, -0.2) is 4.90 Å². The van der Waals surface area contributed by atoms with Crippen molar-refractivity contribution in [1.82, 2.24) is 5.32 Å². The number of carbonyl (C=O) groups excluding carboxylic acids is 3. The molecule has 21 heavy (non-hydrogen) atoms. The van der Waals surface area contributed by atoms with Crippen molar-refractivity contribution < 1.29 is 19.1 Å². The number of ether oxygens (including phenoxy) is 1. The van der Waals surface area contributed by atoms with Gasteiger partial charge in [-0.2, -0.15) is 0 Å². The van der Waals surface area contributed by atoms with Gasteiger partial charge in [0.05, 0.1) is 31.3 Å². The Morgan fingerprint density at radius 3 is 2.62 bits per heavy atom. The highest BCUT2D eigenvalue weighted by Gasteiger charge is 2.39. The number of benzene rings is 1. The van der Waals surface area contributed by atoms with Crippen LogP contribution in [0.3, 0.4) is 0 Å². The number of hydrogen-bond donors (Lipinski definition) is 2. The normalized spacial score (nSPS) is 18.1. The Hall–Kier alpha value is -2.41. The lowest BCUT2D eigenvalue weighted by molar-refractivity contribution is -0.121. The van der Waals surface area contributed by atoms with E-state index < -0.39 is 11.9 Å². The first-order chi connectivity index (χ1) is 10.0. The zero-order valence-corrected chi connectivity index (χ0v) is 11.7. The van der Waals surface area contributed by atoms with Gasteiger partial charge in [0, 0.05) is 0 Å². The molecular weight excluding hydrogens is 274 g/mol. The number of hydrogen-bond acceptors (Lipinski definition) is 5. The molecular formula is C14H17N3O4. The zero-order valence-electron chi connectivity index (χ0n) is 11.7. The number of nitrogens with zero attached hydrogens (tertiary/aromatic N) is 1. The van der Waals surface area contributed by atoms with E-state index in [2.05, 4.69) is 5.32 Å². The molecule has 1 aliphatic heterocycles. The molecule has 2 rings (SSSR count). The van der Waals surface area contributed by atoms with Gasteiger partial charge in [-0.1, -0.05) is 0 Å². The second-order valence-corrected chi connectivity index (χ2v) is 4.60. The molecule has 1 aromatic carbocycles. The summed E-state index contributed by atoms with van der Waals surface area (Å²) in [5.74, 6) is -0.602. The second-order valence-electron chi connectivity index (χ2n) is 4.60. The van der Waals surface area contributed by atoms with E-state index in [4.69, 9.17) is 10.5 Å². The van der Waals surface area contributed by atoms with Crippen LogP contribution in [0.5, 0.6) is 5.75 Å². The van der Waals surface area contributed by atoms with Crippen LogP contribution in [0.15, 0.2) is 24.3 Å².